The minimum atomic E-state index is -4.84. The van der Waals surface area contributed by atoms with Gasteiger partial charge in [-0.1, -0.05) is 0 Å². The number of nitro groups is 2. The minimum Gasteiger partial charge on any atom is -0.378 e. The normalized spacial score (nSPS) is 23.3. The number of hydrogen-bond acceptors (Lipinski definition) is 6. The van der Waals surface area contributed by atoms with E-state index in [1.807, 2.05) is 0 Å². The first-order valence-electron chi connectivity index (χ1n) is 6.34. The second-order valence-electron chi connectivity index (χ2n) is 4.80. The summed E-state index contributed by atoms with van der Waals surface area (Å²) in [6, 6.07) is -1.79. The first kappa shape index (κ1) is 16.2. The molecule has 11 heteroatoms. The lowest BCUT2D eigenvalue weighted by atomic mass is 9.94. The maximum atomic E-state index is 12.8. The lowest BCUT2D eigenvalue weighted by molar-refractivity contribution is -0.518. The molecule has 1 unspecified atom stereocenters. The van der Waals surface area contributed by atoms with E-state index in [4.69, 9.17) is 4.74 Å². The molecule has 0 N–H and O–H groups in total. The Bertz CT molecular complexity index is 552. The molecule has 22 heavy (non-hydrogen) atoms. The van der Waals surface area contributed by atoms with Crippen molar-refractivity contribution in [1.29, 1.82) is 0 Å². The van der Waals surface area contributed by atoms with E-state index in [-0.39, 0.29) is 32.0 Å². The number of hydrogen-bond donors (Lipinski definition) is 0. The highest BCUT2D eigenvalue weighted by Gasteiger charge is 2.48. The van der Waals surface area contributed by atoms with Crippen LogP contribution in [0.15, 0.2) is 23.0 Å². The van der Waals surface area contributed by atoms with Crippen molar-refractivity contribution in [3.05, 3.63) is 43.3 Å². The van der Waals surface area contributed by atoms with Crippen LogP contribution in [0.4, 0.5) is 13.2 Å². The summed E-state index contributed by atoms with van der Waals surface area (Å²) in [5.41, 5.74) is -2.42. The van der Waals surface area contributed by atoms with E-state index in [0.717, 1.165) is 0 Å². The fourth-order valence-electron chi connectivity index (χ4n) is 2.47. The van der Waals surface area contributed by atoms with Crippen LogP contribution in [0.5, 0.6) is 0 Å². The van der Waals surface area contributed by atoms with Crippen molar-refractivity contribution in [2.45, 2.75) is 18.6 Å². The van der Waals surface area contributed by atoms with E-state index in [2.05, 4.69) is 0 Å². The standard InChI is InChI=1S/C11H12F3N3O5/c12-11(13,14)7-5-8(16(18)19)10(9(6-7)17(20)21)15-1-3-22-4-2-15/h5,9H,1-4,6H2. The van der Waals surface area contributed by atoms with Crippen LogP contribution in [0.1, 0.15) is 6.42 Å². The molecule has 1 fully saturated rings. The fraction of sp³-hybridized carbons (Fsp3) is 0.636. The van der Waals surface area contributed by atoms with Crippen molar-refractivity contribution in [1.82, 2.24) is 4.90 Å². The number of alkyl halides is 3. The molecule has 0 aromatic heterocycles. The van der Waals surface area contributed by atoms with Gasteiger partial charge in [0.1, 0.15) is 0 Å². The maximum Gasteiger partial charge on any atom is 0.413 e. The highest BCUT2D eigenvalue weighted by Crippen LogP contribution is 2.37. The second kappa shape index (κ2) is 5.91. The van der Waals surface area contributed by atoms with Crippen LogP contribution in [0.3, 0.4) is 0 Å². The van der Waals surface area contributed by atoms with Gasteiger partial charge in [-0.3, -0.25) is 20.2 Å². The zero-order valence-electron chi connectivity index (χ0n) is 11.2. The number of morpholine rings is 1. The molecule has 8 nitrogen and oxygen atoms in total. The average molecular weight is 323 g/mol. The number of allylic oxidation sites excluding steroid dienone is 1. The fourth-order valence-corrected chi connectivity index (χ4v) is 2.47. The lowest BCUT2D eigenvalue weighted by Crippen LogP contribution is -2.44. The van der Waals surface area contributed by atoms with Crippen LogP contribution in [0, 0.1) is 20.2 Å². The van der Waals surface area contributed by atoms with Crippen molar-refractivity contribution in [3.8, 4) is 0 Å². The average Bonchev–Trinajstić information content (AvgIpc) is 2.45. The zero-order chi connectivity index (χ0) is 16.5. The number of rotatable bonds is 3. The SMILES string of the molecule is O=[N+]([O-])C1=C(N2CCOCC2)C([N+](=O)[O-])CC(C(F)(F)F)=C1. The molecule has 122 valence electrons. The zero-order valence-corrected chi connectivity index (χ0v) is 11.2. The van der Waals surface area contributed by atoms with Gasteiger partial charge in [-0.05, 0) is 0 Å². The third kappa shape index (κ3) is 3.18. The molecule has 0 saturated carbocycles. The van der Waals surface area contributed by atoms with Crippen molar-refractivity contribution in [2.75, 3.05) is 26.3 Å². The molecule has 1 aliphatic carbocycles. The highest BCUT2D eigenvalue weighted by atomic mass is 19.4. The Labute approximate surface area is 122 Å². The molecule has 0 bridgehead atoms. The Hall–Kier alpha value is -2.17. The highest BCUT2D eigenvalue weighted by molar-refractivity contribution is 5.34. The van der Waals surface area contributed by atoms with E-state index in [0.29, 0.717) is 6.08 Å². The Morgan fingerprint density at radius 2 is 1.82 bits per heavy atom. The van der Waals surface area contributed by atoms with Crippen LogP contribution in [-0.4, -0.2) is 53.3 Å². The summed E-state index contributed by atoms with van der Waals surface area (Å²) in [4.78, 5) is 21.7. The molecule has 1 heterocycles. The topological polar surface area (TPSA) is 98.8 Å². The van der Waals surface area contributed by atoms with Gasteiger partial charge in [-0.25, -0.2) is 0 Å². The van der Waals surface area contributed by atoms with Gasteiger partial charge in [0.15, 0.2) is 5.70 Å². The first-order valence-corrected chi connectivity index (χ1v) is 6.34. The second-order valence-corrected chi connectivity index (χ2v) is 4.80. The molecule has 0 aromatic carbocycles. The molecule has 0 amide bonds. The molecule has 2 rings (SSSR count). The molecule has 0 radical (unpaired) electrons. The largest absolute Gasteiger partial charge is 0.413 e. The van der Waals surface area contributed by atoms with E-state index < -0.39 is 39.8 Å². The van der Waals surface area contributed by atoms with E-state index >= 15 is 0 Å². The van der Waals surface area contributed by atoms with Crippen LogP contribution in [-0.2, 0) is 4.74 Å². The summed E-state index contributed by atoms with van der Waals surface area (Å²) in [6.45, 7) is 0.724. The van der Waals surface area contributed by atoms with Crippen LogP contribution in [0.25, 0.3) is 0 Å². The Kier molecular flexibility index (Phi) is 4.35. The third-order valence-corrected chi connectivity index (χ3v) is 3.47. The molecule has 0 spiro atoms. The number of halogens is 3. The summed E-state index contributed by atoms with van der Waals surface area (Å²) in [5.74, 6) is 0. The summed E-state index contributed by atoms with van der Waals surface area (Å²) < 4.78 is 43.5. The van der Waals surface area contributed by atoms with Crippen molar-refractivity contribution in [2.24, 2.45) is 0 Å². The van der Waals surface area contributed by atoms with Crippen molar-refractivity contribution >= 4 is 0 Å². The third-order valence-electron chi connectivity index (χ3n) is 3.47. The summed E-state index contributed by atoms with van der Waals surface area (Å²) in [6.07, 6.45) is -5.36. The Morgan fingerprint density at radius 1 is 1.23 bits per heavy atom. The molecular formula is C11H12F3N3O5. The van der Waals surface area contributed by atoms with E-state index in [1.165, 1.54) is 4.90 Å². The quantitative estimate of drug-likeness (QED) is 0.574. The van der Waals surface area contributed by atoms with Crippen molar-refractivity contribution < 1.29 is 27.8 Å². The summed E-state index contributed by atoms with van der Waals surface area (Å²) in [5, 5.41) is 22.2. The van der Waals surface area contributed by atoms with Crippen LogP contribution >= 0.6 is 0 Å². The molecule has 1 atom stereocenters. The summed E-state index contributed by atoms with van der Waals surface area (Å²) >= 11 is 0. The molecule has 1 saturated heterocycles. The van der Waals surface area contributed by atoms with Crippen LogP contribution in [0.2, 0.25) is 0 Å². The Balaban J connectivity index is 2.54. The molecule has 0 aromatic rings. The smallest absolute Gasteiger partial charge is 0.378 e. The predicted molar refractivity (Wildman–Crippen MR) is 65.9 cm³/mol. The lowest BCUT2D eigenvalue weighted by Gasteiger charge is -2.33. The number of nitrogens with zero attached hydrogens (tertiary/aromatic N) is 3. The Morgan fingerprint density at radius 3 is 2.27 bits per heavy atom. The number of ether oxygens (including phenoxy) is 1. The van der Waals surface area contributed by atoms with E-state index in [9.17, 15) is 33.4 Å². The minimum absolute atomic E-state index is 0.159. The van der Waals surface area contributed by atoms with Gasteiger partial charge in [-0.15, -0.1) is 0 Å². The monoisotopic (exact) mass is 323 g/mol. The first-order chi connectivity index (χ1) is 10.2. The van der Waals surface area contributed by atoms with Crippen LogP contribution < -0.4 is 0 Å². The predicted octanol–water partition coefficient (Wildman–Crippen LogP) is 1.34. The van der Waals surface area contributed by atoms with Gasteiger partial charge in [0.25, 0.3) is 11.7 Å². The van der Waals surface area contributed by atoms with Gasteiger partial charge in [0.05, 0.1) is 24.6 Å². The van der Waals surface area contributed by atoms with Gasteiger partial charge in [0.2, 0.25) is 0 Å². The molecule has 2 aliphatic rings. The summed E-state index contributed by atoms with van der Waals surface area (Å²) in [7, 11) is 0. The van der Waals surface area contributed by atoms with Crippen molar-refractivity contribution in [3.63, 3.8) is 0 Å². The molecular weight excluding hydrogens is 311 g/mol. The maximum absolute atomic E-state index is 12.8. The van der Waals surface area contributed by atoms with E-state index in [1.54, 1.807) is 0 Å². The van der Waals surface area contributed by atoms with Gasteiger partial charge in [-0.2, -0.15) is 13.2 Å². The van der Waals surface area contributed by atoms with Gasteiger partial charge < -0.3 is 9.64 Å². The van der Waals surface area contributed by atoms with Gasteiger partial charge in [0, 0.05) is 29.7 Å². The van der Waals surface area contributed by atoms with Gasteiger partial charge >= 0.3 is 6.18 Å². The molecule has 1 aliphatic heterocycles.